The first-order chi connectivity index (χ1) is 7.29. The first-order valence-corrected chi connectivity index (χ1v) is 4.95. The van der Waals surface area contributed by atoms with Crippen LogP contribution in [0.5, 0.6) is 0 Å². The summed E-state index contributed by atoms with van der Waals surface area (Å²) < 4.78 is 5.81. The molecule has 5 nitrogen and oxygen atoms in total. The number of nitrogens with zero attached hydrogens (tertiary/aromatic N) is 2. The van der Waals surface area contributed by atoms with Crippen LogP contribution < -0.4 is 5.49 Å². The molecule has 0 aromatic carbocycles. The Morgan fingerprint density at radius 3 is 2.62 bits per heavy atom. The summed E-state index contributed by atoms with van der Waals surface area (Å²) in [5, 5.41) is 9.45. The zero-order valence-corrected chi connectivity index (χ0v) is 9.89. The average Bonchev–Trinajstić information content (AvgIpc) is 2.08. The molecule has 0 spiro atoms. The molecule has 88 valence electrons. The maximum Gasteiger partial charge on any atom is 0.436 e. The van der Waals surface area contributed by atoms with Gasteiger partial charge in [-0.05, 0) is 39.3 Å². The van der Waals surface area contributed by atoms with Crippen molar-refractivity contribution in [2.75, 3.05) is 0 Å². The van der Waals surface area contributed by atoms with E-state index >= 15 is 0 Å². The second-order valence-corrected chi connectivity index (χ2v) is 4.45. The molecule has 1 aromatic heterocycles. The van der Waals surface area contributed by atoms with Gasteiger partial charge in [0.15, 0.2) is 5.49 Å². The number of aromatic nitrogens is 1. The fourth-order valence-electron chi connectivity index (χ4n) is 1.11. The van der Waals surface area contributed by atoms with E-state index in [1.165, 1.54) is 6.20 Å². The molecule has 1 rings (SSSR count). The van der Waals surface area contributed by atoms with Gasteiger partial charge in [0.2, 0.25) is 0 Å². The maximum absolute atomic E-state index is 11.4. The first kappa shape index (κ1) is 12.3. The average molecular weight is 224 g/mol. The molecule has 1 heterocycles. The number of amides is 1. The highest BCUT2D eigenvalue weighted by atomic mass is 16.6. The number of pyridine rings is 1. The Bertz CT molecular complexity index is 432. The predicted octanol–water partition coefficient (Wildman–Crippen LogP) is 1.87. The standard InChI is InChI=1S/C11H16N2O3/c1-8-6-5-7-13(15)9(8)12-10(14)16-11(2,3)4/h5-7,15H,1-4H3/b12-9-. The first-order valence-electron chi connectivity index (χ1n) is 4.95. The van der Waals surface area contributed by atoms with Crippen molar-refractivity contribution >= 4 is 6.09 Å². The van der Waals surface area contributed by atoms with Gasteiger partial charge >= 0.3 is 6.09 Å². The van der Waals surface area contributed by atoms with Crippen LogP contribution in [0.25, 0.3) is 0 Å². The van der Waals surface area contributed by atoms with E-state index in [-0.39, 0.29) is 5.49 Å². The lowest BCUT2D eigenvalue weighted by Crippen LogP contribution is -2.27. The minimum absolute atomic E-state index is 0.178. The Balaban J connectivity index is 3.05. The van der Waals surface area contributed by atoms with E-state index in [9.17, 15) is 10.0 Å². The van der Waals surface area contributed by atoms with Gasteiger partial charge in [0.1, 0.15) is 5.60 Å². The quantitative estimate of drug-likeness (QED) is 0.684. The normalized spacial score (nSPS) is 12.6. The van der Waals surface area contributed by atoms with Gasteiger partial charge in [0, 0.05) is 6.20 Å². The van der Waals surface area contributed by atoms with E-state index in [2.05, 4.69) is 4.99 Å². The summed E-state index contributed by atoms with van der Waals surface area (Å²) in [5.74, 6) is 0. The van der Waals surface area contributed by atoms with Crippen LogP contribution in [0.15, 0.2) is 23.3 Å². The second kappa shape index (κ2) is 4.38. The predicted molar refractivity (Wildman–Crippen MR) is 58.2 cm³/mol. The molecule has 0 radical (unpaired) electrons. The summed E-state index contributed by atoms with van der Waals surface area (Å²) in [5.41, 5.74) is 0.274. The molecule has 5 heteroatoms. The molecular weight excluding hydrogens is 208 g/mol. The lowest BCUT2D eigenvalue weighted by Gasteiger charge is -2.17. The van der Waals surface area contributed by atoms with Crippen molar-refractivity contribution in [1.82, 2.24) is 4.73 Å². The zero-order chi connectivity index (χ0) is 12.3. The summed E-state index contributed by atoms with van der Waals surface area (Å²) in [7, 11) is 0. The highest BCUT2D eigenvalue weighted by Crippen LogP contribution is 2.07. The third-order valence-corrected chi connectivity index (χ3v) is 1.73. The van der Waals surface area contributed by atoms with E-state index in [1.54, 1.807) is 39.8 Å². The van der Waals surface area contributed by atoms with Crippen LogP contribution in [0.1, 0.15) is 26.3 Å². The van der Waals surface area contributed by atoms with Gasteiger partial charge in [-0.3, -0.25) is 0 Å². The van der Waals surface area contributed by atoms with Crippen LogP contribution >= 0.6 is 0 Å². The Morgan fingerprint density at radius 2 is 2.12 bits per heavy atom. The van der Waals surface area contributed by atoms with E-state index < -0.39 is 11.7 Å². The lowest BCUT2D eigenvalue weighted by atomic mass is 10.2. The molecule has 0 saturated heterocycles. The van der Waals surface area contributed by atoms with Crippen molar-refractivity contribution < 1.29 is 14.7 Å². The van der Waals surface area contributed by atoms with Crippen LogP contribution in [0.4, 0.5) is 4.79 Å². The van der Waals surface area contributed by atoms with Crippen molar-refractivity contribution in [3.63, 3.8) is 0 Å². The molecule has 0 atom stereocenters. The molecule has 0 aliphatic rings. The van der Waals surface area contributed by atoms with E-state index in [1.807, 2.05) is 0 Å². The number of ether oxygens (including phenoxy) is 1. The van der Waals surface area contributed by atoms with Crippen molar-refractivity contribution in [2.45, 2.75) is 33.3 Å². The van der Waals surface area contributed by atoms with Crippen LogP contribution in [-0.4, -0.2) is 21.6 Å². The molecule has 1 amide bonds. The van der Waals surface area contributed by atoms with E-state index in [4.69, 9.17) is 4.74 Å². The third kappa shape index (κ3) is 3.42. The van der Waals surface area contributed by atoms with Gasteiger partial charge < -0.3 is 9.94 Å². The summed E-state index contributed by atoms with van der Waals surface area (Å²) in [6, 6.07) is 3.40. The van der Waals surface area contributed by atoms with Crippen molar-refractivity contribution in [2.24, 2.45) is 4.99 Å². The summed E-state index contributed by atoms with van der Waals surface area (Å²) in [6.07, 6.45) is 0.681. The monoisotopic (exact) mass is 224 g/mol. The van der Waals surface area contributed by atoms with E-state index in [0.29, 0.717) is 5.56 Å². The van der Waals surface area contributed by atoms with Gasteiger partial charge in [-0.1, -0.05) is 6.07 Å². The van der Waals surface area contributed by atoms with Gasteiger partial charge in [-0.15, -0.1) is 0 Å². The lowest BCUT2D eigenvalue weighted by molar-refractivity contribution is 0.0586. The van der Waals surface area contributed by atoms with Crippen LogP contribution in [-0.2, 0) is 4.74 Å². The van der Waals surface area contributed by atoms with Crippen LogP contribution in [0, 0.1) is 6.92 Å². The molecular formula is C11H16N2O3. The van der Waals surface area contributed by atoms with E-state index in [0.717, 1.165) is 4.73 Å². The highest BCUT2D eigenvalue weighted by Gasteiger charge is 2.15. The summed E-state index contributed by atoms with van der Waals surface area (Å²) >= 11 is 0. The number of hydrogen-bond donors (Lipinski definition) is 1. The Kier molecular flexibility index (Phi) is 3.37. The Hall–Kier alpha value is -1.78. The minimum atomic E-state index is -0.718. The number of carbonyl (C=O) groups excluding carboxylic acids is 1. The van der Waals surface area contributed by atoms with Crippen molar-refractivity contribution in [3.05, 3.63) is 29.4 Å². The molecule has 0 saturated carbocycles. The molecule has 0 aliphatic heterocycles. The number of aryl methyl sites for hydroxylation is 1. The molecule has 16 heavy (non-hydrogen) atoms. The molecule has 1 aromatic rings. The number of carbonyl (C=O) groups is 1. The second-order valence-electron chi connectivity index (χ2n) is 4.45. The zero-order valence-electron chi connectivity index (χ0n) is 9.89. The van der Waals surface area contributed by atoms with Gasteiger partial charge in [-0.2, -0.15) is 9.72 Å². The van der Waals surface area contributed by atoms with Gasteiger partial charge in [0.05, 0.1) is 0 Å². The van der Waals surface area contributed by atoms with Crippen LogP contribution in [0.2, 0.25) is 0 Å². The summed E-state index contributed by atoms with van der Waals surface area (Å²) in [6.45, 7) is 7.01. The fourth-order valence-corrected chi connectivity index (χ4v) is 1.11. The number of hydrogen-bond acceptors (Lipinski definition) is 3. The van der Waals surface area contributed by atoms with Gasteiger partial charge in [0.25, 0.3) is 0 Å². The van der Waals surface area contributed by atoms with Crippen molar-refractivity contribution in [3.8, 4) is 0 Å². The fraction of sp³-hybridized carbons (Fsp3) is 0.455. The topological polar surface area (TPSA) is 63.8 Å². The third-order valence-electron chi connectivity index (χ3n) is 1.73. The minimum Gasteiger partial charge on any atom is -0.442 e. The molecule has 0 aliphatic carbocycles. The molecule has 0 unspecified atom stereocenters. The highest BCUT2D eigenvalue weighted by molar-refractivity contribution is 5.68. The smallest absolute Gasteiger partial charge is 0.436 e. The van der Waals surface area contributed by atoms with Gasteiger partial charge in [-0.25, -0.2) is 4.79 Å². The number of rotatable bonds is 0. The molecule has 1 N–H and O–H groups in total. The van der Waals surface area contributed by atoms with Crippen LogP contribution in [0.3, 0.4) is 0 Å². The SMILES string of the molecule is Cc1cccn(O)/c1=N\C(=O)OC(C)(C)C. The Labute approximate surface area is 94.0 Å². The Morgan fingerprint density at radius 1 is 1.50 bits per heavy atom. The largest absolute Gasteiger partial charge is 0.442 e. The maximum atomic E-state index is 11.4. The summed E-state index contributed by atoms with van der Waals surface area (Å²) in [4.78, 5) is 15.1. The molecule has 0 fully saturated rings. The molecule has 0 bridgehead atoms. The van der Waals surface area contributed by atoms with Crippen molar-refractivity contribution in [1.29, 1.82) is 0 Å².